The van der Waals surface area contributed by atoms with Crippen LogP contribution in [0.4, 0.5) is 5.69 Å². The van der Waals surface area contributed by atoms with Gasteiger partial charge >= 0.3 is 0 Å². The Morgan fingerprint density at radius 3 is 2.94 bits per heavy atom. The summed E-state index contributed by atoms with van der Waals surface area (Å²) in [5.74, 6) is 0.193. The molecule has 0 saturated carbocycles. The maximum absolute atomic E-state index is 11.5. The summed E-state index contributed by atoms with van der Waals surface area (Å²) in [4.78, 5) is 13.7. The molecule has 0 radical (unpaired) electrons. The van der Waals surface area contributed by atoms with Crippen molar-refractivity contribution in [2.24, 2.45) is 0 Å². The molecular formula is C15H17NO. The van der Waals surface area contributed by atoms with E-state index in [-0.39, 0.29) is 5.78 Å². The average Bonchev–Trinajstić information content (AvgIpc) is 2.28. The molecule has 0 spiro atoms. The molecule has 1 aromatic carbocycles. The predicted molar refractivity (Wildman–Crippen MR) is 72.3 cm³/mol. The van der Waals surface area contributed by atoms with Gasteiger partial charge in [-0.1, -0.05) is 12.1 Å². The van der Waals surface area contributed by atoms with E-state index in [1.165, 1.54) is 5.56 Å². The minimum Gasteiger partial charge on any atom is -0.371 e. The minimum atomic E-state index is 0.193. The number of carbonyl (C=O) groups excluding carboxylic acids is 1. The lowest BCUT2D eigenvalue weighted by Gasteiger charge is -2.21. The Morgan fingerprint density at radius 1 is 1.47 bits per heavy atom. The molecule has 0 aromatic heterocycles. The van der Waals surface area contributed by atoms with Gasteiger partial charge < -0.3 is 4.90 Å². The molecule has 2 heteroatoms. The number of fused-ring (bicyclic) bond motifs is 1. The number of hydrogen-bond donors (Lipinski definition) is 0. The molecule has 0 fully saturated rings. The molecule has 0 aliphatic heterocycles. The monoisotopic (exact) mass is 227 g/mol. The van der Waals surface area contributed by atoms with Gasteiger partial charge in [-0.15, -0.1) is 6.58 Å². The summed E-state index contributed by atoms with van der Waals surface area (Å²) in [5, 5.41) is 0. The second kappa shape index (κ2) is 4.58. The summed E-state index contributed by atoms with van der Waals surface area (Å²) in [7, 11) is 2.02. The van der Waals surface area contributed by atoms with Crippen LogP contribution in [0.3, 0.4) is 0 Å². The highest BCUT2D eigenvalue weighted by Gasteiger charge is 2.15. The lowest BCUT2D eigenvalue weighted by molar-refractivity contribution is -0.114. The standard InChI is InChI=1S/C15H17NO/c1-4-7-16(3)13-5-6-15-11(2)8-14(17)10-12(15)9-13/h4-6,8-9H,1,7,10H2,2-3H3. The summed E-state index contributed by atoms with van der Waals surface area (Å²) >= 11 is 0. The summed E-state index contributed by atoms with van der Waals surface area (Å²) in [6, 6.07) is 6.30. The number of benzene rings is 1. The molecule has 0 unspecified atom stereocenters. The highest BCUT2D eigenvalue weighted by Crippen LogP contribution is 2.28. The molecule has 0 bridgehead atoms. The van der Waals surface area contributed by atoms with E-state index in [4.69, 9.17) is 0 Å². The number of carbonyl (C=O) groups is 1. The van der Waals surface area contributed by atoms with Gasteiger partial charge in [0.1, 0.15) is 0 Å². The number of allylic oxidation sites excluding steroid dienone is 2. The minimum absolute atomic E-state index is 0.193. The Hall–Kier alpha value is -1.83. The normalized spacial score (nSPS) is 14.0. The third-order valence-electron chi connectivity index (χ3n) is 3.10. The Labute approximate surface area is 102 Å². The number of likely N-dealkylation sites (N-methyl/N-ethyl adjacent to an activating group) is 1. The van der Waals surface area contributed by atoms with Crippen LogP contribution in [-0.2, 0) is 11.2 Å². The fourth-order valence-electron chi connectivity index (χ4n) is 2.21. The van der Waals surface area contributed by atoms with Crippen LogP contribution >= 0.6 is 0 Å². The predicted octanol–water partition coefficient (Wildman–Crippen LogP) is 2.84. The number of hydrogen-bond acceptors (Lipinski definition) is 2. The molecule has 88 valence electrons. The highest BCUT2D eigenvalue weighted by molar-refractivity contribution is 6.01. The molecule has 2 nitrogen and oxygen atoms in total. The number of anilines is 1. The average molecular weight is 227 g/mol. The van der Waals surface area contributed by atoms with Crippen molar-refractivity contribution in [2.45, 2.75) is 13.3 Å². The number of rotatable bonds is 3. The second-order valence-electron chi connectivity index (χ2n) is 4.48. The van der Waals surface area contributed by atoms with Crippen LogP contribution in [0, 0.1) is 0 Å². The van der Waals surface area contributed by atoms with E-state index in [2.05, 4.69) is 29.7 Å². The van der Waals surface area contributed by atoms with Gasteiger partial charge in [-0.05, 0) is 41.8 Å². The first-order valence-electron chi connectivity index (χ1n) is 5.78. The van der Waals surface area contributed by atoms with Crippen molar-refractivity contribution in [3.8, 4) is 0 Å². The lowest BCUT2D eigenvalue weighted by atomic mass is 9.90. The van der Waals surface area contributed by atoms with Crippen LogP contribution in [0.25, 0.3) is 5.57 Å². The van der Waals surface area contributed by atoms with Gasteiger partial charge in [0.15, 0.2) is 5.78 Å². The molecule has 0 atom stereocenters. The van der Waals surface area contributed by atoms with Crippen molar-refractivity contribution in [3.05, 3.63) is 48.1 Å². The van der Waals surface area contributed by atoms with Crippen LogP contribution in [0.5, 0.6) is 0 Å². The molecule has 0 N–H and O–H groups in total. The van der Waals surface area contributed by atoms with Crippen LogP contribution in [0.15, 0.2) is 36.9 Å². The van der Waals surface area contributed by atoms with E-state index < -0.39 is 0 Å². The van der Waals surface area contributed by atoms with Crippen molar-refractivity contribution in [1.82, 2.24) is 0 Å². The third-order valence-corrected chi connectivity index (χ3v) is 3.10. The Kier molecular flexibility index (Phi) is 3.14. The fraction of sp³-hybridized carbons (Fsp3) is 0.267. The van der Waals surface area contributed by atoms with Crippen LogP contribution in [0.2, 0.25) is 0 Å². The topological polar surface area (TPSA) is 20.3 Å². The number of nitrogens with zero attached hydrogens (tertiary/aromatic N) is 1. The van der Waals surface area contributed by atoms with E-state index in [0.29, 0.717) is 6.42 Å². The maximum atomic E-state index is 11.5. The molecule has 1 aromatic rings. The van der Waals surface area contributed by atoms with Crippen molar-refractivity contribution in [2.75, 3.05) is 18.5 Å². The van der Waals surface area contributed by atoms with Gasteiger partial charge in [-0.25, -0.2) is 0 Å². The van der Waals surface area contributed by atoms with E-state index in [1.807, 2.05) is 20.0 Å². The first-order chi connectivity index (χ1) is 8.11. The third kappa shape index (κ3) is 2.31. The Balaban J connectivity index is 2.38. The zero-order valence-electron chi connectivity index (χ0n) is 10.4. The quantitative estimate of drug-likeness (QED) is 0.740. The molecular weight excluding hydrogens is 210 g/mol. The van der Waals surface area contributed by atoms with E-state index in [9.17, 15) is 4.79 Å². The molecule has 1 aliphatic rings. The van der Waals surface area contributed by atoms with E-state index in [0.717, 1.165) is 23.4 Å². The second-order valence-corrected chi connectivity index (χ2v) is 4.48. The summed E-state index contributed by atoms with van der Waals surface area (Å²) in [5.41, 5.74) is 4.52. The number of ketones is 1. The molecule has 2 rings (SSSR count). The fourth-order valence-corrected chi connectivity index (χ4v) is 2.21. The van der Waals surface area contributed by atoms with Gasteiger partial charge in [0.2, 0.25) is 0 Å². The molecule has 1 aliphatic carbocycles. The maximum Gasteiger partial charge on any atom is 0.160 e. The van der Waals surface area contributed by atoms with Crippen molar-refractivity contribution in [3.63, 3.8) is 0 Å². The molecule has 0 amide bonds. The van der Waals surface area contributed by atoms with Crippen molar-refractivity contribution >= 4 is 17.0 Å². The first kappa shape index (κ1) is 11.6. The van der Waals surface area contributed by atoms with Crippen LogP contribution in [0.1, 0.15) is 18.1 Å². The summed E-state index contributed by atoms with van der Waals surface area (Å²) in [6.45, 7) is 6.53. The molecule has 0 heterocycles. The smallest absolute Gasteiger partial charge is 0.160 e. The molecule has 0 saturated heterocycles. The van der Waals surface area contributed by atoms with E-state index >= 15 is 0 Å². The zero-order valence-corrected chi connectivity index (χ0v) is 10.4. The molecule has 17 heavy (non-hydrogen) atoms. The van der Waals surface area contributed by atoms with Crippen LogP contribution < -0.4 is 4.90 Å². The van der Waals surface area contributed by atoms with Gasteiger partial charge in [0, 0.05) is 25.7 Å². The van der Waals surface area contributed by atoms with Gasteiger partial charge in [0.05, 0.1) is 0 Å². The Bertz CT molecular complexity index is 500. The first-order valence-corrected chi connectivity index (χ1v) is 5.78. The lowest BCUT2D eigenvalue weighted by Crippen LogP contribution is -2.17. The van der Waals surface area contributed by atoms with Gasteiger partial charge in [-0.2, -0.15) is 0 Å². The largest absolute Gasteiger partial charge is 0.371 e. The zero-order chi connectivity index (χ0) is 12.4. The van der Waals surface area contributed by atoms with Crippen molar-refractivity contribution < 1.29 is 4.79 Å². The highest BCUT2D eigenvalue weighted by atomic mass is 16.1. The summed E-state index contributed by atoms with van der Waals surface area (Å²) in [6.07, 6.45) is 4.12. The van der Waals surface area contributed by atoms with E-state index in [1.54, 1.807) is 6.08 Å². The van der Waals surface area contributed by atoms with Gasteiger partial charge in [-0.3, -0.25) is 4.79 Å². The van der Waals surface area contributed by atoms with Crippen molar-refractivity contribution in [1.29, 1.82) is 0 Å². The van der Waals surface area contributed by atoms with Gasteiger partial charge in [0.25, 0.3) is 0 Å². The SMILES string of the molecule is C=CCN(C)c1ccc2c(c1)CC(=O)C=C2C. The Morgan fingerprint density at radius 2 is 2.24 bits per heavy atom. The van der Waals surface area contributed by atoms with Crippen LogP contribution in [-0.4, -0.2) is 19.4 Å². The summed E-state index contributed by atoms with van der Waals surface area (Å²) < 4.78 is 0.